The van der Waals surface area contributed by atoms with Crippen LogP contribution in [0, 0.1) is 13.8 Å². The van der Waals surface area contributed by atoms with Crippen molar-refractivity contribution in [2.45, 2.75) is 39.3 Å². The summed E-state index contributed by atoms with van der Waals surface area (Å²) in [5.41, 5.74) is 4.38. The van der Waals surface area contributed by atoms with Crippen LogP contribution in [-0.2, 0) is 6.54 Å². The quantitative estimate of drug-likeness (QED) is 0.893. The van der Waals surface area contributed by atoms with Crippen molar-refractivity contribution >= 4 is 27.5 Å². The molecule has 0 saturated heterocycles. The fourth-order valence-electron chi connectivity index (χ4n) is 2.30. The van der Waals surface area contributed by atoms with Gasteiger partial charge in [0.25, 0.3) is 0 Å². The Kier molecular flexibility index (Phi) is 3.89. The largest absolute Gasteiger partial charge is 0.310 e. The molecule has 1 aliphatic carbocycles. The summed E-state index contributed by atoms with van der Waals surface area (Å²) < 4.78 is 3.05. The number of aromatic nitrogens is 2. The summed E-state index contributed by atoms with van der Waals surface area (Å²) in [5.74, 6) is 0. The topological polar surface area (TPSA) is 29.9 Å². The van der Waals surface area contributed by atoms with Crippen molar-refractivity contribution in [2.75, 3.05) is 0 Å². The minimum Gasteiger partial charge on any atom is -0.310 e. The first-order chi connectivity index (χ1) is 9.56. The molecule has 1 fully saturated rings. The fourth-order valence-corrected chi connectivity index (χ4v) is 2.74. The van der Waals surface area contributed by atoms with E-state index >= 15 is 0 Å². The predicted octanol–water partition coefficient (Wildman–Crippen LogP) is 4.16. The van der Waals surface area contributed by atoms with Crippen molar-refractivity contribution < 1.29 is 0 Å². The third kappa shape index (κ3) is 2.78. The molecule has 1 N–H and O–H groups in total. The molecule has 1 saturated carbocycles. The van der Waals surface area contributed by atoms with E-state index in [1.54, 1.807) is 0 Å². The Morgan fingerprint density at radius 2 is 2.15 bits per heavy atom. The Morgan fingerprint density at radius 3 is 2.75 bits per heavy atom. The molecule has 0 amide bonds. The zero-order valence-corrected chi connectivity index (χ0v) is 13.9. The van der Waals surface area contributed by atoms with Gasteiger partial charge in [0.15, 0.2) is 0 Å². The molecule has 106 valence electrons. The van der Waals surface area contributed by atoms with E-state index in [2.05, 4.69) is 33.3 Å². The lowest BCUT2D eigenvalue weighted by atomic mass is 10.1. The highest BCUT2D eigenvalue weighted by Crippen LogP contribution is 2.27. The Labute approximate surface area is 132 Å². The Bertz CT molecular complexity index is 647. The van der Waals surface area contributed by atoms with E-state index in [9.17, 15) is 0 Å². The molecule has 0 aliphatic heterocycles. The van der Waals surface area contributed by atoms with Crippen molar-refractivity contribution in [3.05, 3.63) is 44.6 Å². The Hall–Kier alpha value is -0.840. The van der Waals surface area contributed by atoms with Crippen LogP contribution in [0.5, 0.6) is 0 Å². The van der Waals surface area contributed by atoms with Gasteiger partial charge in [0.2, 0.25) is 0 Å². The Balaban J connectivity index is 2.00. The van der Waals surface area contributed by atoms with Gasteiger partial charge in [-0.15, -0.1) is 0 Å². The van der Waals surface area contributed by atoms with Crippen molar-refractivity contribution in [2.24, 2.45) is 0 Å². The van der Waals surface area contributed by atoms with Crippen LogP contribution < -0.4 is 5.32 Å². The maximum atomic E-state index is 6.14. The molecule has 20 heavy (non-hydrogen) atoms. The van der Waals surface area contributed by atoms with E-state index in [0.717, 1.165) is 33.1 Å². The van der Waals surface area contributed by atoms with Crippen molar-refractivity contribution in [1.29, 1.82) is 0 Å². The molecule has 1 aromatic carbocycles. The summed E-state index contributed by atoms with van der Waals surface area (Å²) in [6.45, 7) is 4.90. The van der Waals surface area contributed by atoms with Crippen LogP contribution in [-0.4, -0.2) is 15.8 Å². The molecule has 2 aromatic rings. The third-order valence-electron chi connectivity index (χ3n) is 3.63. The molecule has 0 unspecified atom stereocenters. The van der Waals surface area contributed by atoms with Crippen molar-refractivity contribution in [3.63, 3.8) is 0 Å². The van der Waals surface area contributed by atoms with E-state index in [-0.39, 0.29) is 0 Å². The molecule has 1 heterocycles. The van der Waals surface area contributed by atoms with Crippen LogP contribution in [0.4, 0.5) is 0 Å². The number of benzene rings is 1. The molecule has 3 rings (SSSR count). The lowest BCUT2D eigenvalue weighted by molar-refractivity contribution is 0.679. The van der Waals surface area contributed by atoms with Gasteiger partial charge in [0.1, 0.15) is 0 Å². The summed E-state index contributed by atoms with van der Waals surface area (Å²) in [6, 6.07) is 6.66. The second kappa shape index (κ2) is 5.51. The zero-order valence-electron chi connectivity index (χ0n) is 11.6. The van der Waals surface area contributed by atoms with E-state index in [4.69, 9.17) is 11.6 Å². The van der Waals surface area contributed by atoms with Gasteiger partial charge in [-0.3, -0.25) is 0 Å². The minimum absolute atomic E-state index is 0.675. The number of halogens is 2. The van der Waals surface area contributed by atoms with E-state index in [1.165, 1.54) is 18.4 Å². The molecule has 0 spiro atoms. The number of rotatable bonds is 4. The van der Waals surface area contributed by atoms with Crippen LogP contribution >= 0.6 is 27.5 Å². The number of nitrogens with zero attached hydrogens (tertiary/aromatic N) is 2. The lowest BCUT2D eigenvalue weighted by Gasteiger charge is -2.12. The minimum atomic E-state index is 0.675. The molecule has 1 aliphatic rings. The SMILES string of the molecule is Cc1nn(-c2ccc(Cl)cc2CNC2CC2)c(C)c1Br. The van der Waals surface area contributed by atoms with Crippen LogP contribution in [0.2, 0.25) is 5.02 Å². The first kappa shape index (κ1) is 14.1. The second-order valence-electron chi connectivity index (χ2n) is 5.32. The second-order valence-corrected chi connectivity index (χ2v) is 6.55. The number of hydrogen-bond acceptors (Lipinski definition) is 2. The molecular weight excluding hydrogens is 338 g/mol. The maximum Gasteiger partial charge on any atom is 0.0743 e. The number of hydrogen-bond donors (Lipinski definition) is 1. The van der Waals surface area contributed by atoms with Gasteiger partial charge < -0.3 is 5.32 Å². The Morgan fingerprint density at radius 1 is 1.40 bits per heavy atom. The number of aryl methyl sites for hydroxylation is 1. The van der Waals surface area contributed by atoms with Crippen molar-refractivity contribution in [1.82, 2.24) is 15.1 Å². The van der Waals surface area contributed by atoms with Gasteiger partial charge in [-0.25, -0.2) is 4.68 Å². The average Bonchev–Trinajstić information content (AvgIpc) is 3.21. The fraction of sp³-hybridized carbons (Fsp3) is 0.400. The van der Waals surface area contributed by atoms with Gasteiger partial charge in [-0.1, -0.05) is 11.6 Å². The normalized spacial score (nSPS) is 14.8. The lowest BCUT2D eigenvalue weighted by Crippen LogP contribution is -2.17. The molecule has 3 nitrogen and oxygen atoms in total. The monoisotopic (exact) mass is 353 g/mol. The maximum absolute atomic E-state index is 6.14. The summed E-state index contributed by atoms with van der Waals surface area (Å²) >= 11 is 9.73. The molecule has 0 bridgehead atoms. The van der Waals surface area contributed by atoms with Crippen molar-refractivity contribution in [3.8, 4) is 5.69 Å². The van der Waals surface area contributed by atoms with Crippen LogP contribution in [0.1, 0.15) is 29.8 Å². The number of nitrogens with one attached hydrogen (secondary N) is 1. The third-order valence-corrected chi connectivity index (χ3v) is 5.01. The highest BCUT2D eigenvalue weighted by atomic mass is 79.9. The van der Waals surface area contributed by atoms with Gasteiger partial charge in [0.05, 0.1) is 21.5 Å². The molecule has 1 aromatic heterocycles. The predicted molar refractivity (Wildman–Crippen MR) is 85.6 cm³/mol. The first-order valence-electron chi connectivity index (χ1n) is 6.80. The first-order valence-corrected chi connectivity index (χ1v) is 7.97. The van der Waals surface area contributed by atoms with Crippen LogP contribution in [0.25, 0.3) is 5.69 Å². The average molecular weight is 355 g/mol. The molecule has 5 heteroatoms. The van der Waals surface area contributed by atoms with Gasteiger partial charge in [-0.05, 0) is 66.4 Å². The standard InChI is InChI=1S/C15H17BrClN3/c1-9-15(16)10(2)20(19-9)14-6-3-12(17)7-11(14)8-18-13-4-5-13/h3,6-7,13,18H,4-5,8H2,1-2H3. The van der Waals surface area contributed by atoms with E-state index in [0.29, 0.717) is 6.04 Å². The van der Waals surface area contributed by atoms with Gasteiger partial charge in [0, 0.05) is 17.6 Å². The van der Waals surface area contributed by atoms with Crippen LogP contribution in [0.15, 0.2) is 22.7 Å². The van der Waals surface area contributed by atoms with E-state index < -0.39 is 0 Å². The summed E-state index contributed by atoms with van der Waals surface area (Å²) in [7, 11) is 0. The van der Waals surface area contributed by atoms with Gasteiger partial charge in [-0.2, -0.15) is 5.10 Å². The molecular formula is C15H17BrClN3. The smallest absolute Gasteiger partial charge is 0.0743 e. The van der Waals surface area contributed by atoms with E-state index in [1.807, 2.05) is 29.8 Å². The summed E-state index contributed by atoms with van der Waals surface area (Å²) in [5, 5.41) is 8.92. The molecule has 0 radical (unpaired) electrons. The van der Waals surface area contributed by atoms with Gasteiger partial charge >= 0.3 is 0 Å². The van der Waals surface area contributed by atoms with Crippen LogP contribution in [0.3, 0.4) is 0 Å². The highest BCUT2D eigenvalue weighted by molar-refractivity contribution is 9.10. The summed E-state index contributed by atoms with van der Waals surface area (Å²) in [6.07, 6.45) is 2.56. The summed E-state index contributed by atoms with van der Waals surface area (Å²) in [4.78, 5) is 0. The zero-order chi connectivity index (χ0) is 14.3. The highest BCUT2D eigenvalue weighted by Gasteiger charge is 2.21. The molecule has 0 atom stereocenters.